The summed E-state index contributed by atoms with van der Waals surface area (Å²) < 4.78 is 38.9. The first-order valence-corrected chi connectivity index (χ1v) is 11.8. The highest BCUT2D eigenvalue weighted by atomic mass is 32.2. The lowest BCUT2D eigenvalue weighted by Gasteiger charge is -2.31. The van der Waals surface area contributed by atoms with Crippen molar-refractivity contribution in [3.63, 3.8) is 0 Å². The third-order valence-electron chi connectivity index (χ3n) is 4.80. The molecule has 0 aliphatic rings. The fourth-order valence-corrected chi connectivity index (χ4v) is 3.96. The first-order valence-electron chi connectivity index (χ1n) is 9.98. The Balaban J connectivity index is 2.28. The normalized spacial score (nSPS) is 12.1. The monoisotopic (exact) mass is 449 g/mol. The number of benzene rings is 2. The maximum Gasteiger partial charge on any atom is 0.244 e. The van der Waals surface area contributed by atoms with Crippen LogP contribution in [-0.2, 0) is 26.0 Å². The van der Waals surface area contributed by atoms with Crippen molar-refractivity contribution in [3.8, 4) is 0 Å². The molecule has 0 spiro atoms. The van der Waals surface area contributed by atoms with Gasteiger partial charge in [0.15, 0.2) is 0 Å². The van der Waals surface area contributed by atoms with Crippen LogP contribution in [0.4, 0.5) is 10.1 Å². The Morgan fingerprint density at radius 2 is 1.68 bits per heavy atom. The van der Waals surface area contributed by atoms with Gasteiger partial charge >= 0.3 is 0 Å². The molecule has 2 rings (SSSR count). The highest BCUT2D eigenvalue weighted by molar-refractivity contribution is 7.92. The summed E-state index contributed by atoms with van der Waals surface area (Å²) in [6.07, 6.45) is 1.48. The Bertz CT molecular complexity index is 982. The van der Waals surface area contributed by atoms with Crippen LogP contribution < -0.4 is 9.62 Å². The van der Waals surface area contributed by atoms with Crippen molar-refractivity contribution < 1.29 is 22.4 Å². The largest absolute Gasteiger partial charge is 0.355 e. The van der Waals surface area contributed by atoms with Crippen molar-refractivity contribution in [1.82, 2.24) is 10.2 Å². The number of likely N-dealkylation sites (N-methyl/N-ethyl adjacent to an activating group) is 1. The first-order chi connectivity index (χ1) is 14.6. The van der Waals surface area contributed by atoms with E-state index in [-0.39, 0.29) is 18.1 Å². The highest BCUT2D eigenvalue weighted by Crippen LogP contribution is 2.19. The second-order valence-electron chi connectivity index (χ2n) is 7.14. The molecule has 0 aliphatic heterocycles. The van der Waals surface area contributed by atoms with Crippen LogP contribution in [0, 0.1) is 5.82 Å². The van der Waals surface area contributed by atoms with E-state index in [1.807, 2.05) is 30.3 Å². The number of anilines is 1. The molecule has 31 heavy (non-hydrogen) atoms. The van der Waals surface area contributed by atoms with E-state index in [1.54, 1.807) is 13.8 Å². The molecule has 0 aromatic heterocycles. The Morgan fingerprint density at radius 1 is 1.06 bits per heavy atom. The summed E-state index contributed by atoms with van der Waals surface area (Å²) in [7, 11) is -3.82. The molecule has 1 N–H and O–H groups in total. The SMILES string of the molecule is CCNC(=O)[C@H](C)N(CCc1ccccc1)C(=O)CN(c1ccc(F)cc1)S(C)(=O)=O. The lowest BCUT2D eigenvalue weighted by Crippen LogP contribution is -2.52. The Labute approximate surface area is 182 Å². The zero-order valence-corrected chi connectivity index (χ0v) is 18.7. The van der Waals surface area contributed by atoms with Crippen molar-refractivity contribution in [2.24, 2.45) is 0 Å². The van der Waals surface area contributed by atoms with Gasteiger partial charge in [0.25, 0.3) is 0 Å². The van der Waals surface area contributed by atoms with Crippen molar-refractivity contribution in [2.75, 3.05) is 30.2 Å². The maximum absolute atomic E-state index is 13.3. The number of carbonyl (C=O) groups excluding carboxylic acids is 2. The first kappa shape index (κ1) is 24.3. The number of amides is 2. The summed E-state index contributed by atoms with van der Waals surface area (Å²) in [5.41, 5.74) is 1.16. The second-order valence-corrected chi connectivity index (χ2v) is 9.05. The van der Waals surface area contributed by atoms with E-state index < -0.39 is 34.3 Å². The number of rotatable bonds is 10. The van der Waals surface area contributed by atoms with Crippen molar-refractivity contribution in [2.45, 2.75) is 26.3 Å². The summed E-state index contributed by atoms with van der Waals surface area (Å²) in [6, 6.07) is 13.5. The molecule has 0 heterocycles. The Morgan fingerprint density at radius 3 is 2.23 bits per heavy atom. The predicted molar refractivity (Wildman–Crippen MR) is 119 cm³/mol. The van der Waals surface area contributed by atoms with E-state index in [1.165, 1.54) is 17.0 Å². The van der Waals surface area contributed by atoms with Crippen LogP contribution in [0.3, 0.4) is 0 Å². The molecule has 0 fully saturated rings. The molecular weight excluding hydrogens is 421 g/mol. The summed E-state index contributed by atoms with van der Waals surface area (Å²) >= 11 is 0. The van der Waals surface area contributed by atoms with Crippen molar-refractivity contribution in [1.29, 1.82) is 0 Å². The number of sulfonamides is 1. The van der Waals surface area contributed by atoms with Gasteiger partial charge in [0.1, 0.15) is 18.4 Å². The van der Waals surface area contributed by atoms with Crippen molar-refractivity contribution in [3.05, 3.63) is 66.0 Å². The van der Waals surface area contributed by atoms with Crippen molar-refractivity contribution >= 4 is 27.5 Å². The number of hydrogen-bond acceptors (Lipinski definition) is 4. The molecular formula is C22H28FN3O4S. The minimum atomic E-state index is -3.82. The maximum atomic E-state index is 13.3. The van der Waals surface area contributed by atoms with Gasteiger partial charge in [-0.3, -0.25) is 13.9 Å². The number of nitrogens with zero attached hydrogens (tertiary/aromatic N) is 2. The van der Waals surface area contributed by atoms with E-state index >= 15 is 0 Å². The third-order valence-corrected chi connectivity index (χ3v) is 5.94. The van der Waals surface area contributed by atoms with Crippen LogP contribution in [0.1, 0.15) is 19.4 Å². The van der Waals surface area contributed by atoms with Crippen LogP contribution in [0.5, 0.6) is 0 Å². The summed E-state index contributed by atoms with van der Waals surface area (Å²) in [4.78, 5) is 27.0. The van der Waals surface area contributed by atoms with Gasteiger partial charge in [-0.25, -0.2) is 12.8 Å². The lowest BCUT2D eigenvalue weighted by molar-refractivity contribution is -0.138. The average molecular weight is 450 g/mol. The van der Waals surface area contributed by atoms with Gasteiger partial charge in [0.05, 0.1) is 11.9 Å². The van der Waals surface area contributed by atoms with Gasteiger partial charge in [0.2, 0.25) is 21.8 Å². The van der Waals surface area contributed by atoms with Gasteiger partial charge in [-0.2, -0.15) is 0 Å². The van der Waals surface area contributed by atoms with Crippen LogP contribution in [0.15, 0.2) is 54.6 Å². The second kappa shape index (κ2) is 10.9. The number of nitrogens with one attached hydrogen (secondary N) is 1. The molecule has 2 aromatic carbocycles. The topological polar surface area (TPSA) is 86.8 Å². The molecule has 0 saturated heterocycles. The van der Waals surface area contributed by atoms with Gasteiger partial charge < -0.3 is 10.2 Å². The zero-order chi connectivity index (χ0) is 23.0. The highest BCUT2D eigenvalue weighted by Gasteiger charge is 2.29. The molecule has 0 unspecified atom stereocenters. The predicted octanol–water partition coefficient (Wildman–Crippen LogP) is 2.19. The van der Waals surface area contributed by atoms with E-state index in [0.717, 1.165) is 28.3 Å². The summed E-state index contributed by atoms with van der Waals surface area (Å²) in [5, 5.41) is 2.69. The standard InChI is InChI=1S/C22H28FN3O4S/c1-4-24-22(28)17(2)25(15-14-18-8-6-5-7-9-18)21(27)16-26(31(3,29)30)20-12-10-19(23)11-13-20/h5-13,17H,4,14-16H2,1-3H3,(H,24,28)/t17-/m0/s1. The molecule has 9 heteroatoms. The van der Waals surface area contributed by atoms with Gasteiger partial charge in [0, 0.05) is 13.1 Å². The minimum absolute atomic E-state index is 0.172. The van der Waals surface area contributed by atoms with Crippen LogP contribution >= 0.6 is 0 Å². The quantitative estimate of drug-likeness (QED) is 0.602. The third kappa shape index (κ3) is 7.06. The molecule has 0 bridgehead atoms. The smallest absolute Gasteiger partial charge is 0.244 e. The molecule has 0 saturated carbocycles. The van der Waals surface area contributed by atoms with Gasteiger partial charge in [-0.15, -0.1) is 0 Å². The number of hydrogen-bond donors (Lipinski definition) is 1. The lowest BCUT2D eigenvalue weighted by atomic mass is 10.1. The number of carbonyl (C=O) groups is 2. The molecule has 168 valence electrons. The number of halogens is 1. The Hall–Kier alpha value is -2.94. The average Bonchev–Trinajstić information content (AvgIpc) is 2.73. The van der Waals surface area contributed by atoms with Gasteiger partial charge in [-0.1, -0.05) is 30.3 Å². The van der Waals surface area contributed by atoms with Gasteiger partial charge in [-0.05, 0) is 50.1 Å². The molecule has 0 radical (unpaired) electrons. The van der Waals surface area contributed by atoms with Crippen LogP contribution in [-0.4, -0.2) is 57.1 Å². The fourth-order valence-electron chi connectivity index (χ4n) is 3.11. The molecule has 1 atom stereocenters. The van der Waals surface area contributed by atoms with E-state index in [2.05, 4.69) is 5.32 Å². The van der Waals surface area contributed by atoms with E-state index in [4.69, 9.17) is 0 Å². The molecule has 0 aliphatic carbocycles. The van der Waals surface area contributed by atoms with E-state index in [9.17, 15) is 22.4 Å². The zero-order valence-electron chi connectivity index (χ0n) is 17.9. The van der Waals surface area contributed by atoms with E-state index in [0.29, 0.717) is 13.0 Å². The van der Waals surface area contributed by atoms with Crippen LogP contribution in [0.2, 0.25) is 0 Å². The van der Waals surface area contributed by atoms with Crippen LogP contribution in [0.25, 0.3) is 0 Å². The molecule has 7 nitrogen and oxygen atoms in total. The molecule has 2 amide bonds. The fraction of sp³-hybridized carbons (Fsp3) is 0.364. The minimum Gasteiger partial charge on any atom is -0.355 e. The summed E-state index contributed by atoms with van der Waals surface area (Å²) in [6.45, 7) is 3.54. The Kier molecular flexibility index (Phi) is 8.56. The molecule has 2 aromatic rings. The summed E-state index contributed by atoms with van der Waals surface area (Å²) in [5.74, 6) is -1.36.